The van der Waals surface area contributed by atoms with Crippen LogP contribution < -0.4 is 15.1 Å². The second-order valence-electron chi connectivity index (χ2n) is 7.28. The maximum atomic E-state index is 12.1. The Morgan fingerprint density at radius 3 is 2.75 bits per heavy atom. The predicted molar refractivity (Wildman–Crippen MR) is 93.1 cm³/mol. The number of carbonyl (C=O) groups excluding carboxylic acids is 1. The third kappa shape index (κ3) is 5.30. The summed E-state index contributed by atoms with van der Waals surface area (Å²) in [5, 5.41) is 3.04. The van der Waals surface area contributed by atoms with Gasteiger partial charge in [-0.25, -0.2) is 0 Å². The van der Waals surface area contributed by atoms with Crippen LogP contribution in [0.5, 0.6) is 0 Å². The molecule has 2 fully saturated rings. The fourth-order valence-electron chi connectivity index (χ4n) is 3.74. The van der Waals surface area contributed by atoms with Crippen LogP contribution in [0.1, 0.15) is 24.0 Å². The first-order chi connectivity index (χ1) is 11.7. The number of aryl methyl sites for hydroxylation is 1. The molecule has 2 aliphatic heterocycles. The van der Waals surface area contributed by atoms with E-state index in [2.05, 4.69) is 36.5 Å². The summed E-state index contributed by atoms with van der Waals surface area (Å²) in [6, 6.07) is 8.79. The molecule has 1 aromatic carbocycles. The van der Waals surface area contributed by atoms with Crippen LogP contribution in [-0.4, -0.2) is 57.9 Å². The van der Waals surface area contributed by atoms with Gasteiger partial charge in [-0.3, -0.25) is 4.79 Å². The number of benzene rings is 1. The number of amides is 1. The molecule has 2 aliphatic rings. The Morgan fingerprint density at radius 2 is 2.04 bits per heavy atom. The highest BCUT2D eigenvalue weighted by Gasteiger charge is 2.25. The lowest BCUT2D eigenvalue weighted by atomic mass is 10.1. The smallest absolute Gasteiger partial charge is 0.275 e. The predicted octanol–water partition coefficient (Wildman–Crippen LogP) is -1.43. The van der Waals surface area contributed by atoms with Crippen molar-refractivity contribution in [2.24, 2.45) is 0 Å². The third-order valence-electron chi connectivity index (χ3n) is 5.16. The van der Waals surface area contributed by atoms with E-state index in [-0.39, 0.29) is 12.0 Å². The maximum absolute atomic E-state index is 12.1. The highest BCUT2D eigenvalue weighted by Crippen LogP contribution is 2.10. The van der Waals surface area contributed by atoms with Gasteiger partial charge in [-0.2, -0.15) is 0 Å². The standard InChI is InChI=1S/C19H29N3O2/c1-16-4-2-5-17(12-16)14-21-7-9-22(10-8-21)15-19(23)20-13-18-6-3-11-24-18/h2,4-5,12,18H,3,6-11,13-15H2,1H3,(H,20,23)/p+2/t18-/m1/s1. The van der Waals surface area contributed by atoms with Crippen molar-refractivity contribution in [3.05, 3.63) is 35.4 Å². The van der Waals surface area contributed by atoms with Gasteiger partial charge in [0.2, 0.25) is 0 Å². The molecule has 0 bridgehead atoms. The van der Waals surface area contributed by atoms with Crippen molar-refractivity contribution < 1.29 is 19.3 Å². The summed E-state index contributed by atoms with van der Waals surface area (Å²) >= 11 is 0. The number of hydrogen-bond donors (Lipinski definition) is 3. The van der Waals surface area contributed by atoms with Crippen LogP contribution >= 0.6 is 0 Å². The summed E-state index contributed by atoms with van der Waals surface area (Å²) in [6.07, 6.45) is 2.44. The fourth-order valence-corrected chi connectivity index (χ4v) is 3.74. The maximum Gasteiger partial charge on any atom is 0.275 e. The normalized spacial score (nSPS) is 27.1. The van der Waals surface area contributed by atoms with Crippen molar-refractivity contribution in [1.82, 2.24) is 5.32 Å². The van der Waals surface area contributed by atoms with E-state index in [1.165, 1.54) is 16.0 Å². The number of rotatable bonds is 6. The van der Waals surface area contributed by atoms with Gasteiger partial charge in [-0.1, -0.05) is 29.8 Å². The zero-order valence-corrected chi connectivity index (χ0v) is 14.8. The van der Waals surface area contributed by atoms with E-state index in [9.17, 15) is 4.79 Å². The van der Waals surface area contributed by atoms with Gasteiger partial charge < -0.3 is 19.9 Å². The van der Waals surface area contributed by atoms with Crippen LogP contribution in [-0.2, 0) is 16.1 Å². The van der Waals surface area contributed by atoms with Gasteiger partial charge in [-0.15, -0.1) is 0 Å². The molecule has 2 heterocycles. The fraction of sp³-hybridized carbons (Fsp3) is 0.632. The second-order valence-corrected chi connectivity index (χ2v) is 7.28. The Kier molecular flexibility index (Phi) is 6.24. The molecule has 24 heavy (non-hydrogen) atoms. The molecule has 5 nitrogen and oxygen atoms in total. The average molecular weight is 333 g/mol. The first kappa shape index (κ1) is 17.4. The van der Waals surface area contributed by atoms with Crippen molar-refractivity contribution in [3.63, 3.8) is 0 Å². The molecular weight excluding hydrogens is 302 g/mol. The van der Waals surface area contributed by atoms with Crippen molar-refractivity contribution in [2.45, 2.75) is 32.4 Å². The zero-order valence-electron chi connectivity index (χ0n) is 14.8. The van der Waals surface area contributed by atoms with Gasteiger partial charge >= 0.3 is 0 Å². The van der Waals surface area contributed by atoms with Crippen LogP contribution in [0.2, 0.25) is 0 Å². The SMILES string of the molecule is Cc1cccc(C[NH+]2CC[NH+](CC(=O)NC[C@H]3CCCO3)CC2)c1. The Hall–Kier alpha value is -1.43. The molecule has 132 valence electrons. The number of nitrogens with one attached hydrogen (secondary N) is 3. The summed E-state index contributed by atoms with van der Waals surface area (Å²) < 4.78 is 5.55. The topological polar surface area (TPSA) is 47.2 Å². The summed E-state index contributed by atoms with van der Waals surface area (Å²) in [7, 11) is 0. The van der Waals surface area contributed by atoms with Crippen molar-refractivity contribution in [1.29, 1.82) is 0 Å². The molecule has 1 aromatic rings. The van der Waals surface area contributed by atoms with E-state index in [1.54, 1.807) is 4.90 Å². The van der Waals surface area contributed by atoms with Crippen LogP contribution in [0, 0.1) is 6.92 Å². The van der Waals surface area contributed by atoms with Gasteiger partial charge in [0, 0.05) is 18.7 Å². The number of piperazine rings is 1. The quantitative estimate of drug-likeness (QED) is 0.598. The summed E-state index contributed by atoms with van der Waals surface area (Å²) in [5.41, 5.74) is 2.75. The highest BCUT2D eigenvalue weighted by atomic mass is 16.5. The van der Waals surface area contributed by atoms with E-state index in [0.29, 0.717) is 13.1 Å². The first-order valence-corrected chi connectivity index (χ1v) is 9.30. The lowest BCUT2D eigenvalue weighted by Gasteiger charge is -2.29. The lowest BCUT2D eigenvalue weighted by Crippen LogP contribution is -3.28. The number of hydrogen-bond acceptors (Lipinski definition) is 2. The Labute approximate surface area is 145 Å². The van der Waals surface area contributed by atoms with E-state index in [4.69, 9.17) is 4.74 Å². The van der Waals surface area contributed by atoms with E-state index >= 15 is 0 Å². The molecule has 0 radical (unpaired) electrons. The van der Waals surface area contributed by atoms with Gasteiger partial charge in [0.15, 0.2) is 6.54 Å². The molecule has 1 atom stereocenters. The van der Waals surface area contributed by atoms with Gasteiger partial charge in [0.25, 0.3) is 5.91 Å². The largest absolute Gasteiger partial charge is 0.376 e. The monoisotopic (exact) mass is 333 g/mol. The minimum absolute atomic E-state index is 0.169. The second kappa shape index (κ2) is 8.60. The number of carbonyl (C=O) groups is 1. The molecule has 2 saturated heterocycles. The Morgan fingerprint density at radius 1 is 1.25 bits per heavy atom. The molecule has 0 aliphatic carbocycles. The van der Waals surface area contributed by atoms with Gasteiger partial charge in [0.05, 0.1) is 6.10 Å². The number of ether oxygens (including phenoxy) is 1. The van der Waals surface area contributed by atoms with Gasteiger partial charge in [0.1, 0.15) is 32.7 Å². The van der Waals surface area contributed by atoms with E-state index in [0.717, 1.165) is 52.2 Å². The average Bonchev–Trinajstić information content (AvgIpc) is 3.08. The van der Waals surface area contributed by atoms with Crippen LogP contribution in [0.25, 0.3) is 0 Å². The van der Waals surface area contributed by atoms with Crippen molar-refractivity contribution in [2.75, 3.05) is 45.9 Å². The minimum atomic E-state index is 0.169. The molecular formula is C19H31N3O2+2. The number of quaternary nitrogens is 2. The zero-order chi connectivity index (χ0) is 16.8. The van der Waals surface area contributed by atoms with Crippen LogP contribution in [0.3, 0.4) is 0 Å². The molecule has 0 unspecified atom stereocenters. The van der Waals surface area contributed by atoms with Crippen molar-refractivity contribution in [3.8, 4) is 0 Å². The molecule has 3 N–H and O–H groups in total. The molecule has 5 heteroatoms. The van der Waals surface area contributed by atoms with Crippen LogP contribution in [0.15, 0.2) is 24.3 Å². The summed E-state index contributed by atoms with van der Waals surface area (Å²) in [4.78, 5) is 15.1. The molecule has 0 spiro atoms. The molecule has 0 aromatic heterocycles. The third-order valence-corrected chi connectivity index (χ3v) is 5.16. The summed E-state index contributed by atoms with van der Waals surface area (Å²) in [5.74, 6) is 0.169. The van der Waals surface area contributed by atoms with E-state index in [1.807, 2.05) is 0 Å². The summed E-state index contributed by atoms with van der Waals surface area (Å²) in [6.45, 7) is 9.81. The molecule has 3 rings (SSSR count). The first-order valence-electron chi connectivity index (χ1n) is 9.30. The Balaban J connectivity index is 1.34. The Bertz CT molecular complexity index is 535. The molecule has 0 saturated carbocycles. The minimum Gasteiger partial charge on any atom is -0.376 e. The lowest BCUT2D eigenvalue weighted by molar-refractivity contribution is -1.02. The van der Waals surface area contributed by atoms with Crippen LogP contribution in [0.4, 0.5) is 0 Å². The van der Waals surface area contributed by atoms with E-state index < -0.39 is 0 Å². The molecule has 1 amide bonds. The van der Waals surface area contributed by atoms with Crippen molar-refractivity contribution >= 4 is 5.91 Å². The van der Waals surface area contributed by atoms with Gasteiger partial charge in [-0.05, 0) is 19.8 Å². The highest BCUT2D eigenvalue weighted by molar-refractivity contribution is 5.76.